The highest BCUT2D eigenvalue weighted by molar-refractivity contribution is 5.84. The average molecular weight is 292 g/mol. The molecule has 0 aliphatic carbocycles. The highest BCUT2D eigenvalue weighted by Crippen LogP contribution is 2.31. The predicted molar refractivity (Wildman–Crippen MR) is 71.9 cm³/mol. The van der Waals surface area contributed by atoms with Crippen LogP contribution in [0.2, 0.25) is 0 Å². The second-order valence-corrected chi connectivity index (χ2v) is 4.91. The summed E-state index contributed by atoms with van der Waals surface area (Å²) in [7, 11) is 0. The summed E-state index contributed by atoms with van der Waals surface area (Å²) >= 11 is 0. The second kappa shape index (κ2) is 5.61. The van der Waals surface area contributed by atoms with E-state index in [4.69, 9.17) is 19.9 Å². The van der Waals surface area contributed by atoms with Gasteiger partial charge in [0.1, 0.15) is 6.61 Å². The van der Waals surface area contributed by atoms with Crippen molar-refractivity contribution in [3.8, 4) is 11.5 Å². The zero-order valence-corrected chi connectivity index (χ0v) is 11.4. The van der Waals surface area contributed by atoms with Crippen LogP contribution in [0.3, 0.4) is 0 Å². The molecule has 0 saturated carbocycles. The second-order valence-electron chi connectivity index (χ2n) is 4.91. The molecule has 1 saturated heterocycles. The van der Waals surface area contributed by atoms with E-state index in [1.165, 1.54) is 4.90 Å². The zero-order valence-electron chi connectivity index (χ0n) is 11.4. The van der Waals surface area contributed by atoms with Gasteiger partial charge in [-0.15, -0.1) is 0 Å². The van der Waals surface area contributed by atoms with Gasteiger partial charge in [-0.25, -0.2) is 0 Å². The molecule has 1 fully saturated rings. The van der Waals surface area contributed by atoms with Crippen molar-refractivity contribution in [3.05, 3.63) is 24.3 Å². The minimum Gasteiger partial charge on any atom is -0.485 e. The number of morpholine rings is 1. The number of nitrogens with zero attached hydrogens (tertiary/aromatic N) is 1. The van der Waals surface area contributed by atoms with Crippen molar-refractivity contribution in [2.24, 2.45) is 5.73 Å². The lowest BCUT2D eigenvalue weighted by Crippen LogP contribution is -2.55. The number of rotatable bonds is 2. The molecule has 1 aromatic carbocycles. The smallest absolute Gasteiger partial charge is 0.267 e. The van der Waals surface area contributed by atoms with E-state index in [1.807, 2.05) is 12.1 Å². The fraction of sp³-hybridized carbons (Fsp3) is 0.429. The molecule has 21 heavy (non-hydrogen) atoms. The monoisotopic (exact) mass is 292 g/mol. The summed E-state index contributed by atoms with van der Waals surface area (Å²) < 4.78 is 16.4. The van der Waals surface area contributed by atoms with Crippen molar-refractivity contribution < 1.29 is 23.8 Å². The molecule has 3 rings (SSSR count). The summed E-state index contributed by atoms with van der Waals surface area (Å²) in [5, 5.41) is 0. The van der Waals surface area contributed by atoms with Crippen molar-refractivity contribution in [2.45, 2.75) is 12.2 Å². The minimum atomic E-state index is -0.764. The van der Waals surface area contributed by atoms with Gasteiger partial charge < -0.3 is 24.8 Å². The number of nitrogens with two attached hydrogens (primary N) is 1. The number of primary amides is 1. The molecule has 7 nitrogen and oxygen atoms in total. The molecule has 2 unspecified atom stereocenters. The first-order chi connectivity index (χ1) is 10.1. The van der Waals surface area contributed by atoms with Crippen molar-refractivity contribution in [3.63, 3.8) is 0 Å². The van der Waals surface area contributed by atoms with Gasteiger partial charge in [0.05, 0.1) is 13.2 Å². The van der Waals surface area contributed by atoms with Crippen LogP contribution in [-0.4, -0.2) is 55.2 Å². The number of carbonyl (C=O) groups excluding carboxylic acids is 2. The van der Waals surface area contributed by atoms with Crippen LogP contribution in [0.25, 0.3) is 0 Å². The van der Waals surface area contributed by atoms with Crippen LogP contribution >= 0.6 is 0 Å². The first-order valence-corrected chi connectivity index (χ1v) is 6.73. The molecule has 0 spiro atoms. The van der Waals surface area contributed by atoms with Crippen LogP contribution < -0.4 is 15.2 Å². The van der Waals surface area contributed by atoms with Gasteiger partial charge in [-0.3, -0.25) is 9.59 Å². The fourth-order valence-corrected chi connectivity index (χ4v) is 2.37. The van der Waals surface area contributed by atoms with Gasteiger partial charge in [-0.2, -0.15) is 0 Å². The van der Waals surface area contributed by atoms with Crippen LogP contribution in [0.15, 0.2) is 24.3 Å². The highest BCUT2D eigenvalue weighted by atomic mass is 16.6. The van der Waals surface area contributed by atoms with Crippen molar-refractivity contribution in [2.75, 3.05) is 26.3 Å². The van der Waals surface area contributed by atoms with Gasteiger partial charge in [0.15, 0.2) is 17.6 Å². The number of fused-ring (bicyclic) bond motifs is 1. The van der Waals surface area contributed by atoms with Gasteiger partial charge in [0, 0.05) is 6.54 Å². The maximum atomic E-state index is 12.4. The molecule has 2 heterocycles. The Morgan fingerprint density at radius 3 is 2.71 bits per heavy atom. The third-order valence-electron chi connectivity index (χ3n) is 3.48. The van der Waals surface area contributed by atoms with E-state index in [-0.39, 0.29) is 25.7 Å². The molecule has 2 aliphatic heterocycles. The topological polar surface area (TPSA) is 91.1 Å². The lowest BCUT2D eigenvalue weighted by atomic mass is 10.2. The maximum absolute atomic E-state index is 12.4. The van der Waals surface area contributed by atoms with Crippen LogP contribution in [-0.2, 0) is 14.3 Å². The Labute approximate surface area is 121 Å². The molecule has 2 aliphatic rings. The normalized spacial score (nSPS) is 24.5. The van der Waals surface area contributed by atoms with Gasteiger partial charge >= 0.3 is 0 Å². The maximum Gasteiger partial charge on any atom is 0.267 e. The van der Waals surface area contributed by atoms with E-state index in [2.05, 4.69) is 0 Å². The van der Waals surface area contributed by atoms with Crippen LogP contribution in [0.1, 0.15) is 0 Å². The first-order valence-electron chi connectivity index (χ1n) is 6.73. The fourth-order valence-electron chi connectivity index (χ4n) is 2.37. The SMILES string of the molecule is NC(=O)C1CN(C(=O)C2COc3ccccc3O2)CCO1. The lowest BCUT2D eigenvalue weighted by molar-refractivity contribution is -0.152. The molecular weight excluding hydrogens is 276 g/mol. The summed E-state index contributed by atoms with van der Waals surface area (Å²) in [4.78, 5) is 25.1. The number of para-hydroxylation sites is 2. The molecule has 2 atom stereocenters. The number of ether oxygens (including phenoxy) is 3. The summed E-state index contributed by atoms with van der Waals surface area (Å²) in [6, 6.07) is 7.19. The van der Waals surface area contributed by atoms with Gasteiger partial charge in [0.25, 0.3) is 5.91 Å². The average Bonchev–Trinajstić information content (AvgIpc) is 2.53. The Kier molecular flexibility index (Phi) is 3.66. The van der Waals surface area contributed by atoms with Crippen molar-refractivity contribution in [1.29, 1.82) is 0 Å². The highest BCUT2D eigenvalue weighted by Gasteiger charge is 2.35. The number of hydrogen-bond donors (Lipinski definition) is 1. The molecule has 112 valence electrons. The largest absolute Gasteiger partial charge is 0.485 e. The standard InChI is InChI=1S/C14H16N2O5/c15-13(17)11-7-16(5-6-19-11)14(18)12-8-20-9-3-1-2-4-10(9)21-12/h1-4,11-12H,5-8H2,(H2,15,17). The molecule has 0 radical (unpaired) electrons. The van der Waals surface area contributed by atoms with E-state index in [1.54, 1.807) is 12.1 Å². The Morgan fingerprint density at radius 2 is 1.95 bits per heavy atom. The minimum absolute atomic E-state index is 0.147. The zero-order chi connectivity index (χ0) is 14.8. The number of carbonyl (C=O) groups is 2. The summed E-state index contributed by atoms with van der Waals surface area (Å²) in [5.41, 5.74) is 5.21. The van der Waals surface area contributed by atoms with E-state index in [9.17, 15) is 9.59 Å². The molecule has 1 aromatic rings. The molecule has 0 bridgehead atoms. The van der Waals surface area contributed by atoms with Crippen LogP contribution in [0, 0.1) is 0 Å². The Morgan fingerprint density at radius 1 is 1.19 bits per heavy atom. The van der Waals surface area contributed by atoms with Gasteiger partial charge in [-0.05, 0) is 12.1 Å². The predicted octanol–water partition coefficient (Wildman–Crippen LogP) is -0.461. The van der Waals surface area contributed by atoms with Crippen molar-refractivity contribution in [1.82, 2.24) is 4.90 Å². The molecule has 0 aromatic heterocycles. The Hall–Kier alpha value is -2.28. The summed E-state index contributed by atoms with van der Waals surface area (Å²) in [5.74, 6) is 0.373. The number of benzene rings is 1. The molecular formula is C14H16N2O5. The summed E-state index contributed by atoms with van der Waals surface area (Å²) in [6.07, 6.45) is -1.48. The number of hydrogen-bond acceptors (Lipinski definition) is 5. The molecule has 2 N–H and O–H groups in total. The first kappa shape index (κ1) is 13.7. The van der Waals surface area contributed by atoms with E-state index < -0.39 is 18.1 Å². The third kappa shape index (κ3) is 2.78. The number of amides is 2. The van der Waals surface area contributed by atoms with E-state index in [0.717, 1.165) is 0 Å². The van der Waals surface area contributed by atoms with Gasteiger partial charge in [0.2, 0.25) is 12.0 Å². The third-order valence-corrected chi connectivity index (χ3v) is 3.48. The molecule has 2 amide bonds. The van der Waals surface area contributed by atoms with Gasteiger partial charge in [-0.1, -0.05) is 12.1 Å². The Bertz CT molecular complexity index is 562. The van der Waals surface area contributed by atoms with E-state index in [0.29, 0.717) is 18.0 Å². The quantitative estimate of drug-likeness (QED) is 0.796. The lowest BCUT2D eigenvalue weighted by Gasteiger charge is -2.35. The van der Waals surface area contributed by atoms with Crippen LogP contribution in [0.5, 0.6) is 11.5 Å². The Balaban J connectivity index is 1.67. The van der Waals surface area contributed by atoms with Crippen molar-refractivity contribution >= 4 is 11.8 Å². The molecule has 7 heteroatoms. The summed E-state index contributed by atoms with van der Waals surface area (Å²) in [6.45, 7) is 0.984. The van der Waals surface area contributed by atoms with E-state index >= 15 is 0 Å². The van der Waals surface area contributed by atoms with Crippen LogP contribution in [0.4, 0.5) is 0 Å².